The third kappa shape index (κ3) is 5.57. The van der Waals surface area contributed by atoms with Crippen LogP contribution in [0.2, 0.25) is 0 Å². The van der Waals surface area contributed by atoms with Gasteiger partial charge in [-0.15, -0.1) is 0 Å². The Hall–Kier alpha value is -2.40. The van der Waals surface area contributed by atoms with Gasteiger partial charge >= 0.3 is 0 Å². The van der Waals surface area contributed by atoms with E-state index in [1.54, 1.807) is 12.4 Å². The van der Waals surface area contributed by atoms with E-state index in [9.17, 15) is 4.79 Å². The van der Waals surface area contributed by atoms with Crippen molar-refractivity contribution in [3.63, 3.8) is 0 Å². The summed E-state index contributed by atoms with van der Waals surface area (Å²) >= 11 is 1.86. The number of benzene rings is 1. The number of thioether (sulfide) groups is 1. The van der Waals surface area contributed by atoms with Crippen LogP contribution in [-0.4, -0.2) is 21.5 Å². The number of carbonyl (C=O) groups excluding carboxylic acids is 1. The summed E-state index contributed by atoms with van der Waals surface area (Å²) in [6.07, 6.45) is 5.01. The molecule has 0 fully saturated rings. The first-order valence-corrected chi connectivity index (χ1v) is 9.46. The Balaban J connectivity index is 1.37. The maximum absolute atomic E-state index is 12.1. The number of oxazole rings is 1. The number of carbonyl (C=O) groups is 1. The molecule has 0 aliphatic rings. The fraction of sp³-hybridized carbons (Fsp3) is 0.250. The smallest absolute Gasteiger partial charge is 0.202 e. The van der Waals surface area contributed by atoms with Gasteiger partial charge in [0.05, 0.1) is 12.6 Å². The Kier molecular flexibility index (Phi) is 6.40. The van der Waals surface area contributed by atoms with Crippen molar-refractivity contribution in [2.24, 2.45) is 0 Å². The molecule has 0 aliphatic heterocycles. The number of pyridine rings is 1. The van der Waals surface area contributed by atoms with Gasteiger partial charge < -0.3 is 4.42 Å². The highest BCUT2D eigenvalue weighted by atomic mass is 32.2. The molecule has 4 nitrogen and oxygen atoms in total. The van der Waals surface area contributed by atoms with Crippen LogP contribution in [0.1, 0.15) is 24.3 Å². The summed E-state index contributed by atoms with van der Waals surface area (Å²) in [5.74, 6) is 3.19. The zero-order valence-electron chi connectivity index (χ0n) is 13.9. The summed E-state index contributed by atoms with van der Waals surface area (Å²) in [5.41, 5.74) is 2.05. The van der Waals surface area contributed by atoms with Crippen molar-refractivity contribution in [2.75, 3.05) is 5.75 Å². The average molecular weight is 352 g/mol. The quantitative estimate of drug-likeness (QED) is 0.528. The number of ketones is 1. The molecule has 0 saturated carbocycles. The Morgan fingerprint density at radius 3 is 2.68 bits per heavy atom. The molecule has 0 spiro atoms. The molecule has 0 unspecified atom stereocenters. The highest BCUT2D eigenvalue weighted by Crippen LogP contribution is 2.18. The second-order valence-electron chi connectivity index (χ2n) is 5.69. The van der Waals surface area contributed by atoms with Crippen LogP contribution in [0.5, 0.6) is 0 Å². The van der Waals surface area contributed by atoms with Gasteiger partial charge in [0.1, 0.15) is 11.5 Å². The van der Waals surface area contributed by atoms with Crippen molar-refractivity contribution in [3.05, 3.63) is 72.4 Å². The molecule has 2 aromatic heterocycles. The number of hydrogen-bond acceptors (Lipinski definition) is 5. The van der Waals surface area contributed by atoms with Crippen molar-refractivity contribution in [3.8, 4) is 11.5 Å². The normalized spacial score (nSPS) is 10.7. The maximum Gasteiger partial charge on any atom is 0.202 e. The van der Waals surface area contributed by atoms with Crippen molar-refractivity contribution in [1.82, 2.24) is 9.97 Å². The highest BCUT2D eigenvalue weighted by molar-refractivity contribution is 7.98. The van der Waals surface area contributed by atoms with Crippen LogP contribution < -0.4 is 0 Å². The van der Waals surface area contributed by atoms with Crippen molar-refractivity contribution in [2.45, 2.75) is 25.0 Å². The Bertz CT molecular complexity index is 788. The van der Waals surface area contributed by atoms with E-state index < -0.39 is 0 Å². The van der Waals surface area contributed by atoms with E-state index >= 15 is 0 Å². The van der Waals surface area contributed by atoms with E-state index in [0.29, 0.717) is 18.1 Å². The molecule has 25 heavy (non-hydrogen) atoms. The van der Waals surface area contributed by atoms with E-state index in [1.807, 2.05) is 36.0 Å². The number of rotatable bonds is 9. The number of hydrogen-bond donors (Lipinski definition) is 0. The minimum Gasteiger partial charge on any atom is -0.439 e. The summed E-state index contributed by atoms with van der Waals surface area (Å²) in [6.45, 7) is 0. The lowest BCUT2D eigenvalue weighted by molar-refractivity contribution is -0.118. The molecular weight excluding hydrogens is 332 g/mol. The molecule has 0 aliphatic carbocycles. The van der Waals surface area contributed by atoms with E-state index in [0.717, 1.165) is 23.6 Å². The molecule has 2 heterocycles. The third-order valence-electron chi connectivity index (χ3n) is 3.68. The van der Waals surface area contributed by atoms with E-state index in [1.165, 1.54) is 5.56 Å². The predicted molar refractivity (Wildman–Crippen MR) is 100 cm³/mol. The summed E-state index contributed by atoms with van der Waals surface area (Å²) in [7, 11) is 0. The number of aromatic nitrogens is 2. The van der Waals surface area contributed by atoms with Gasteiger partial charge in [-0.2, -0.15) is 11.8 Å². The molecular formula is C20H20N2O2S. The van der Waals surface area contributed by atoms with Gasteiger partial charge in [0, 0.05) is 18.4 Å². The van der Waals surface area contributed by atoms with Gasteiger partial charge in [-0.25, -0.2) is 4.98 Å². The monoisotopic (exact) mass is 352 g/mol. The molecule has 0 amide bonds. The van der Waals surface area contributed by atoms with Gasteiger partial charge in [-0.05, 0) is 29.9 Å². The third-order valence-corrected chi connectivity index (χ3v) is 4.79. The minimum absolute atomic E-state index is 0.162. The molecule has 0 atom stereocenters. The van der Waals surface area contributed by atoms with Gasteiger partial charge in [0.2, 0.25) is 5.89 Å². The average Bonchev–Trinajstić information content (AvgIpc) is 3.11. The lowest BCUT2D eigenvalue weighted by Crippen LogP contribution is -2.03. The fourth-order valence-electron chi connectivity index (χ4n) is 2.41. The largest absolute Gasteiger partial charge is 0.439 e. The SMILES string of the molecule is O=C(CCCSCc1ccccc1)Cc1ncc(-c2ccccn2)o1. The number of nitrogens with zero attached hydrogens (tertiary/aromatic N) is 2. The van der Waals surface area contributed by atoms with Crippen molar-refractivity contribution in [1.29, 1.82) is 0 Å². The van der Waals surface area contributed by atoms with Gasteiger partial charge in [0.25, 0.3) is 0 Å². The van der Waals surface area contributed by atoms with Gasteiger partial charge in [-0.1, -0.05) is 36.4 Å². The molecule has 5 heteroatoms. The van der Waals surface area contributed by atoms with Gasteiger partial charge in [-0.3, -0.25) is 9.78 Å². The Morgan fingerprint density at radius 2 is 1.88 bits per heavy atom. The zero-order valence-corrected chi connectivity index (χ0v) is 14.7. The molecule has 0 bridgehead atoms. The van der Waals surface area contributed by atoms with E-state index in [2.05, 4.69) is 34.2 Å². The summed E-state index contributed by atoms with van der Waals surface area (Å²) in [5, 5.41) is 0. The van der Waals surface area contributed by atoms with Crippen LogP contribution in [0.25, 0.3) is 11.5 Å². The lowest BCUT2D eigenvalue weighted by Gasteiger charge is -2.01. The van der Waals surface area contributed by atoms with Crippen LogP contribution >= 0.6 is 11.8 Å². The summed E-state index contributed by atoms with van der Waals surface area (Å²) in [6, 6.07) is 16.0. The molecule has 1 aromatic carbocycles. The van der Waals surface area contributed by atoms with Gasteiger partial charge in [0.15, 0.2) is 5.76 Å². The Morgan fingerprint density at radius 1 is 1.04 bits per heavy atom. The van der Waals surface area contributed by atoms with Crippen LogP contribution in [0, 0.1) is 0 Å². The first kappa shape index (κ1) is 17.4. The standard InChI is InChI=1S/C20H20N2O2S/c23-17(9-6-12-25-15-16-7-2-1-3-8-16)13-20-22-14-19(24-20)18-10-4-5-11-21-18/h1-5,7-8,10-11,14H,6,9,12-13,15H2. The maximum atomic E-state index is 12.1. The first-order chi connectivity index (χ1) is 12.3. The predicted octanol–water partition coefficient (Wildman–Crippen LogP) is 4.56. The van der Waals surface area contributed by atoms with Crippen LogP contribution in [0.4, 0.5) is 0 Å². The minimum atomic E-state index is 0.162. The Labute approximate surface area is 151 Å². The summed E-state index contributed by atoms with van der Waals surface area (Å²) in [4.78, 5) is 20.5. The molecule has 128 valence electrons. The zero-order chi connectivity index (χ0) is 17.3. The fourth-order valence-corrected chi connectivity index (χ4v) is 3.33. The molecule has 3 rings (SSSR count). The van der Waals surface area contributed by atoms with Crippen molar-refractivity contribution >= 4 is 17.5 Å². The van der Waals surface area contributed by atoms with Crippen LogP contribution in [0.15, 0.2) is 65.3 Å². The topological polar surface area (TPSA) is 56.0 Å². The second kappa shape index (κ2) is 9.18. The molecule has 0 N–H and O–H groups in total. The number of Topliss-reactive ketones (excluding diaryl/α,β-unsaturated/α-hetero) is 1. The molecule has 3 aromatic rings. The highest BCUT2D eigenvalue weighted by Gasteiger charge is 2.11. The van der Waals surface area contributed by atoms with E-state index in [-0.39, 0.29) is 12.2 Å². The summed E-state index contributed by atoms with van der Waals surface area (Å²) < 4.78 is 5.63. The molecule has 0 saturated heterocycles. The van der Waals surface area contributed by atoms with Crippen LogP contribution in [0.3, 0.4) is 0 Å². The molecule has 0 radical (unpaired) electrons. The van der Waals surface area contributed by atoms with Crippen LogP contribution in [-0.2, 0) is 17.0 Å². The second-order valence-corrected chi connectivity index (χ2v) is 6.80. The lowest BCUT2D eigenvalue weighted by atomic mass is 10.2. The van der Waals surface area contributed by atoms with E-state index in [4.69, 9.17) is 4.42 Å². The first-order valence-electron chi connectivity index (χ1n) is 8.31. The van der Waals surface area contributed by atoms with Crippen molar-refractivity contribution < 1.29 is 9.21 Å².